The third-order valence-corrected chi connectivity index (χ3v) is 3.02. The number of aromatic hydroxyl groups is 1. The number of fused-ring (bicyclic) bond motifs is 1. The van der Waals surface area contributed by atoms with Crippen molar-refractivity contribution in [1.82, 2.24) is 0 Å². The molecular formula is C14H10F2O3. The molecule has 0 aromatic heterocycles. The van der Waals surface area contributed by atoms with E-state index in [0.717, 1.165) is 5.56 Å². The van der Waals surface area contributed by atoms with Crippen LogP contribution in [0, 0.1) is 6.92 Å². The number of alkyl halides is 2. The molecule has 98 valence electrons. The van der Waals surface area contributed by atoms with Crippen LogP contribution in [0.15, 0.2) is 36.4 Å². The third kappa shape index (κ3) is 1.97. The van der Waals surface area contributed by atoms with Crippen molar-refractivity contribution in [2.45, 2.75) is 13.2 Å². The first-order valence-electron chi connectivity index (χ1n) is 5.65. The SMILES string of the molecule is Cc1c(O)cccc1-c1ccc2c(c1)OC(F)(F)O2. The predicted molar refractivity (Wildman–Crippen MR) is 64.5 cm³/mol. The average Bonchev–Trinajstić information content (AvgIpc) is 2.65. The first-order valence-corrected chi connectivity index (χ1v) is 5.65. The summed E-state index contributed by atoms with van der Waals surface area (Å²) in [7, 11) is 0. The van der Waals surface area contributed by atoms with Crippen LogP contribution in [0.5, 0.6) is 17.2 Å². The number of halogens is 2. The maximum atomic E-state index is 12.9. The molecular weight excluding hydrogens is 254 g/mol. The molecule has 0 saturated carbocycles. The molecule has 1 N–H and O–H groups in total. The summed E-state index contributed by atoms with van der Waals surface area (Å²) in [4.78, 5) is 0. The first kappa shape index (κ1) is 11.8. The molecule has 0 aliphatic carbocycles. The van der Waals surface area contributed by atoms with Crippen LogP contribution in [-0.4, -0.2) is 11.4 Å². The molecule has 3 nitrogen and oxygen atoms in total. The molecule has 3 rings (SSSR count). The largest absolute Gasteiger partial charge is 0.586 e. The van der Waals surface area contributed by atoms with Crippen molar-refractivity contribution >= 4 is 0 Å². The lowest BCUT2D eigenvalue weighted by Gasteiger charge is -2.08. The minimum atomic E-state index is -3.62. The van der Waals surface area contributed by atoms with Gasteiger partial charge < -0.3 is 14.6 Å². The van der Waals surface area contributed by atoms with E-state index in [9.17, 15) is 13.9 Å². The van der Waals surface area contributed by atoms with Crippen molar-refractivity contribution in [2.24, 2.45) is 0 Å². The van der Waals surface area contributed by atoms with Gasteiger partial charge >= 0.3 is 6.29 Å². The van der Waals surface area contributed by atoms with E-state index in [1.165, 1.54) is 12.1 Å². The lowest BCUT2D eigenvalue weighted by Crippen LogP contribution is -2.25. The molecule has 19 heavy (non-hydrogen) atoms. The highest BCUT2D eigenvalue weighted by Crippen LogP contribution is 2.43. The Morgan fingerprint density at radius 3 is 2.58 bits per heavy atom. The van der Waals surface area contributed by atoms with Gasteiger partial charge in [-0.15, -0.1) is 8.78 Å². The molecule has 1 aliphatic heterocycles. The Labute approximate surface area is 108 Å². The van der Waals surface area contributed by atoms with Gasteiger partial charge in [0.1, 0.15) is 5.75 Å². The predicted octanol–water partition coefficient (Wildman–Crippen LogP) is 3.69. The first-order chi connectivity index (χ1) is 8.96. The fourth-order valence-corrected chi connectivity index (χ4v) is 2.05. The van der Waals surface area contributed by atoms with E-state index in [-0.39, 0.29) is 17.2 Å². The molecule has 0 fully saturated rings. The Balaban J connectivity index is 2.07. The Morgan fingerprint density at radius 1 is 1.05 bits per heavy atom. The second kappa shape index (κ2) is 3.85. The maximum Gasteiger partial charge on any atom is 0.586 e. The highest BCUT2D eigenvalue weighted by molar-refractivity contribution is 5.72. The van der Waals surface area contributed by atoms with Gasteiger partial charge in [-0.1, -0.05) is 18.2 Å². The molecule has 0 atom stereocenters. The van der Waals surface area contributed by atoms with Crippen molar-refractivity contribution in [2.75, 3.05) is 0 Å². The van der Waals surface area contributed by atoms with Gasteiger partial charge in [0.05, 0.1) is 0 Å². The Morgan fingerprint density at radius 2 is 1.79 bits per heavy atom. The summed E-state index contributed by atoms with van der Waals surface area (Å²) in [5.41, 5.74) is 2.10. The second-order valence-corrected chi connectivity index (χ2v) is 4.28. The molecule has 2 aromatic rings. The molecule has 0 saturated heterocycles. The number of benzene rings is 2. The molecule has 0 radical (unpaired) electrons. The van der Waals surface area contributed by atoms with Crippen LogP contribution < -0.4 is 9.47 Å². The van der Waals surface area contributed by atoms with Crippen LogP contribution in [0.4, 0.5) is 8.78 Å². The molecule has 5 heteroatoms. The van der Waals surface area contributed by atoms with E-state index in [4.69, 9.17) is 0 Å². The van der Waals surface area contributed by atoms with Gasteiger partial charge in [-0.05, 0) is 41.8 Å². The molecule has 0 unspecified atom stereocenters. The van der Waals surface area contributed by atoms with Crippen molar-refractivity contribution < 1.29 is 23.4 Å². The van der Waals surface area contributed by atoms with Gasteiger partial charge in [0.25, 0.3) is 0 Å². The van der Waals surface area contributed by atoms with Gasteiger partial charge in [-0.2, -0.15) is 0 Å². The molecule has 2 aromatic carbocycles. The summed E-state index contributed by atoms with van der Waals surface area (Å²) in [5.74, 6) is 0.150. The quantitative estimate of drug-likeness (QED) is 0.853. The van der Waals surface area contributed by atoms with E-state index in [2.05, 4.69) is 9.47 Å². The molecule has 1 aliphatic rings. The monoisotopic (exact) mass is 264 g/mol. The van der Waals surface area contributed by atoms with Crippen molar-refractivity contribution in [1.29, 1.82) is 0 Å². The second-order valence-electron chi connectivity index (χ2n) is 4.28. The van der Waals surface area contributed by atoms with Crippen LogP contribution in [0.1, 0.15) is 5.56 Å². The zero-order chi connectivity index (χ0) is 13.6. The molecule has 0 spiro atoms. The highest BCUT2D eigenvalue weighted by atomic mass is 19.3. The van der Waals surface area contributed by atoms with Gasteiger partial charge in [0, 0.05) is 0 Å². The number of rotatable bonds is 1. The fraction of sp³-hybridized carbons (Fsp3) is 0.143. The van der Waals surface area contributed by atoms with Gasteiger partial charge in [-0.3, -0.25) is 0 Å². The van der Waals surface area contributed by atoms with E-state index >= 15 is 0 Å². The molecule has 0 bridgehead atoms. The van der Waals surface area contributed by atoms with E-state index in [1.54, 1.807) is 31.2 Å². The Hall–Kier alpha value is -2.30. The van der Waals surface area contributed by atoms with Crippen molar-refractivity contribution in [3.63, 3.8) is 0 Å². The van der Waals surface area contributed by atoms with Gasteiger partial charge in [-0.25, -0.2) is 0 Å². The summed E-state index contributed by atoms with van der Waals surface area (Å²) in [6.07, 6.45) is -3.62. The van der Waals surface area contributed by atoms with E-state index in [1.807, 2.05) is 0 Å². The standard InChI is InChI=1S/C14H10F2O3/c1-8-10(3-2-4-11(8)17)9-5-6-12-13(7-9)19-14(15,16)18-12/h2-7,17H,1H3. The normalized spacial score (nSPS) is 15.5. The number of ether oxygens (including phenoxy) is 2. The van der Waals surface area contributed by atoms with Crippen LogP contribution in [0.25, 0.3) is 11.1 Å². The van der Waals surface area contributed by atoms with Crippen LogP contribution in [0.3, 0.4) is 0 Å². The summed E-state index contributed by atoms with van der Waals surface area (Å²) >= 11 is 0. The minimum Gasteiger partial charge on any atom is -0.508 e. The third-order valence-electron chi connectivity index (χ3n) is 3.02. The molecule has 1 heterocycles. The number of phenols is 1. The number of hydrogen-bond acceptors (Lipinski definition) is 3. The van der Waals surface area contributed by atoms with Crippen molar-refractivity contribution in [3.8, 4) is 28.4 Å². The van der Waals surface area contributed by atoms with E-state index in [0.29, 0.717) is 11.1 Å². The van der Waals surface area contributed by atoms with Crippen LogP contribution >= 0.6 is 0 Å². The number of phenolic OH excluding ortho intramolecular Hbond substituents is 1. The fourth-order valence-electron chi connectivity index (χ4n) is 2.05. The van der Waals surface area contributed by atoms with Crippen molar-refractivity contribution in [3.05, 3.63) is 42.0 Å². The topological polar surface area (TPSA) is 38.7 Å². The number of hydrogen-bond donors (Lipinski definition) is 1. The summed E-state index contributed by atoms with van der Waals surface area (Å²) < 4.78 is 34.6. The highest BCUT2D eigenvalue weighted by Gasteiger charge is 2.43. The Kier molecular flexibility index (Phi) is 2.38. The summed E-state index contributed by atoms with van der Waals surface area (Å²) in [6.45, 7) is 1.75. The zero-order valence-electron chi connectivity index (χ0n) is 9.98. The summed E-state index contributed by atoms with van der Waals surface area (Å²) in [6, 6.07) is 9.60. The smallest absolute Gasteiger partial charge is 0.508 e. The average molecular weight is 264 g/mol. The van der Waals surface area contributed by atoms with E-state index < -0.39 is 6.29 Å². The van der Waals surface area contributed by atoms with Crippen LogP contribution in [-0.2, 0) is 0 Å². The molecule has 0 amide bonds. The maximum absolute atomic E-state index is 12.9. The minimum absolute atomic E-state index is 0.00607. The lowest BCUT2D eigenvalue weighted by molar-refractivity contribution is -0.286. The Bertz CT molecular complexity index is 653. The zero-order valence-corrected chi connectivity index (χ0v) is 9.98. The van der Waals surface area contributed by atoms with Gasteiger partial charge in [0.2, 0.25) is 0 Å². The van der Waals surface area contributed by atoms with Crippen LogP contribution in [0.2, 0.25) is 0 Å². The lowest BCUT2D eigenvalue weighted by atomic mass is 9.99. The van der Waals surface area contributed by atoms with Gasteiger partial charge in [0.15, 0.2) is 11.5 Å². The summed E-state index contributed by atoms with van der Waals surface area (Å²) in [5, 5.41) is 9.66.